The van der Waals surface area contributed by atoms with Crippen LogP contribution in [0, 0.1) is 13.8 Å². The van der Waals surface area contributed by atoms with Crippen molar-refractivity contribution in [3.8, 4) is 0 Å². The lowest BCUT2D eigenvalue weighted by Crippen LogP contribution is -2.15. The summed E-state index contributed by atoms with van der Waals surface area (Å²) in [5, 5.41) is 7.68. The van der Waals surface area contributed by atoms with Crippen molar-refractivity contribution in [1.29, 1.82) is 0 Å². The highest BCUT2D eigenvalue weighted by molar-refractivity contribution is 5.95. The molecule has 6 heteroatoms. The first-order chi connectivity index (χ1) is 13.0. The van der Waals surface area contributed by atoms with Gasteiger partial charge >= 0.3 is 5.97 Å². The van der Waals surface area contributed by atoms with E-state index in [2.05, 4.69) is 10.5 Å². The Bertz CT molecular complexity index is 974. The molecule has 0 spiro atoms. The van der Waals surface area contributed by atoms with Gasteiger partial charge in [-0.1, -0.05) is 12.1 Å². The SMILES string of the molecule is CCCOC(=O)c1ccc(NC(=O)Cc2noc3cc(C)c(C)cc23)cc1. The number of fused-ring (bicyclic) bond motifs is 1. The Balaban J connectivity index is 1.66. The van der Waals surface area contributed by atoms with Crippen molar-refractivity contribution in [3.05, 3.63) is 58.8 Å². The van der Waals surface area contributed by atoms with Crippen LogP contribution in [0.25, 0.3) is 11.0 Å². The summed E-state index contributed by atoms with van der Waals surface area (Å²) in [6, 6.07) is 10.5. The highest BCUT2D eigenvalue weighted by Gasteiger charge is 2.14. The maximum Gasteiger partial charge on any atom is 0.338 e. The van der Waals surface area contributed by atoms with E-state index < -0.39 is 0 Å². The van der Waals surface area contributed by atoms with Gasteiger partial charge in [0.05, 0.1) is 18.6 Å². The first-order valence-electron chi connectivity index (χ1n) is 8.90. The van der Waals surface area contributed by atoms with Crippen molar-refractivity contribution in [2.75, 3.05) is 11.9 Å². The van der Waals surface area contributed by atoms with E-state index in [1.54, 1.807) is 24.3 Å². The van der Waals surface area contributed by atoms with E-state index in [9.17, 15) is 9.59 Å². The standard InChI is InChI=1S/C21H22N2O4/c1-4-9-26-21(25)15-5-7-16(8-6-15)22-20(24)12-18-17-10-13(2)14(3)11-19(17)27-23-18/h5-8,10-11H,4,9,12H2,1-3H3,(H,22,24). The van der Waals surface area contributed by atoms with E-state index in [0.717, 1.165) is 22.9 Å². The summed E-state index contributed by atoms with van der Waals surface area (Å²) in [5.74, 6) is -0.570. The fourth-order valence-electron chi connectivity index (χ4n) is 2.70. The maximum atomic E-state index is 12.4. The first kappa shape index (κ1) is 18.6. The molecule has 1 amide bonds. The van der Waals surface area contributed by atoms with Crippen LogP contribution >= 0.6 is 0 Å². The number of aromatic nitrogens is 1. The van der Waals surface area contributed by atoms with Gasteiger partial charge < -0.3 is 14.6 Å². The van der Waals surface area contributed by atoms with Crippen LogP contribution in [-0.2, 0) is 16.0 Å². The molecule has 3 aromatic rings. The van der Waals surface area contributed by atoms with Crippen LogP contribution in [0.3, 0.4) is 0 Å². The van der Waals surface area contributed by atoms with Crippen LogP contribution in [0.15, 0.2) is 40.9 Å². The minimum Gasteiger partial charge on any atom is -0.462 e. The number of nitrogens with zero attached hydrogens (tertiary/aromatic N) is 1. The Morgan fingerprint density at radius 1 is 1.11 bits per heavy atom. The smallest absolute Gasteiger partial charge is 0.338 e. The molecule has 140 valence electrons. The molecule has 0 aliphatic rings. The average Bonchev–Trinajstić information content (AvgIpc) is 3.02. The van der Waals surface area contributed by atoms with Gasteiger partial charge in [0.1, 0.15) is 5.69 Å². The molecule has 6 nitrogen and oxygen atoms in total. The molecule has 1 heterocycles. The number of anilines is 1. The minimum absolute atomic E-state index is 0.107. The van der Waals surface area contributed by atoms with E-state index in [-0.39, 0.29) is 18.3 Å². The highest BCUT2D eigenvalue weighted by atomic mass is 16.5. The summed E-state index contributed by atoms with van der Waals surface area (Å²) in [5.41, 5.74) is 4.58. The Labute approximate surface area is 157 Å². The number of aryl methyl sites for hydroxylation is 2. The molecule has 1 N–H and O–H groups in total. The summed E-state index contributed by atoms with van der Waals surface area (Å²) in [7, 11) is 0. The molecule has 0 fully saturated rings. The number of benzene rings is 2. The molecule has 3 rings (SSSR count). The Hall–Kier alpha value is -3.15. The van der Waals surface area contributed by atoms with Gasteiger partial charge in [-0.3, -0.25) is 4.79 Å². The van der Waals surface area contributed by atoms with Gasteiger partial charge in [0.25, 0.3) is 0 Å². The molecular weight excluding hydrogens is 344 g/mol. The molecule has 0 bridgehead atoms. The van der Waals surface area contributed by atoms with Crippen LogP contribution in [0.5, 0.6) is 0 Å². The van der Waals surface area contributed by atoms with Crippen LogP contribution < -0.4 is 5.32 Å². The Morgan fingerprint density at radius 2 is 1.81 bits per heavy atom. The summed E-state index contributed by atoms with van der Waals surface area (Å²) in [6.45, 7) is 6.35. The molecule has 27 heavy (non-hydrogen) atoms. The number of amides is 1. The Kier molecular flexibility index (Phi) is 5.54. The van der Waals surface area contributed by atoms with Crippen LogP contribution in [0.1, 0.15) is 40.5 Å². The van der Waals surface area contributed by atoms with Gasteiger partial charge in [-0.05, 0) is 67.8 Å². The zero-order valence-electron chi connectivity index (χ0n) is 15.7. The van der Waals surface area contributed by atoms with Crippen LogP contribution in [0.4, 0.5) is 5.69 Å². The number of ether oxygens (including phenoxy) is 1. The number of nitrogens with one attached hydrogen (secondary N) is 1. The third kappa shape index (κ3) is 4.34. The lowest BCUT2D eigenvalue weighted by atomic mass is 10.1. The van der Waals surface area contributed by atoms with Gasteiger partial charge in [-0.25, -0.2) is 4.79 Å². The molecule has 0 unspecified atom stereocenters. The predicted molar refractivity (Wildman–Crippen MR) is 103 cm³/mol. The second-order valence-electron chi connectivity index (χ2n) is 6.50. The fraction of sp³-hybridized carbons (Fsp3) is 0.286. The van der Waals surface area contributed by atoms with Crippen molar-refractivity contribution in [2.45, 2.75) is 33.6 Å². The Morgan fingerprint density at radius 3 is 2.52 bits per heavy atom. The third-order valence-corrected chi connectivity index (χ3v) is 4.33. The maximum absolute atomic E-state index is 12.4. The number of hydrogen-bond acceptors (Lipinski definition) is 5. The average molecular weight is 366 g/mol. The van der Waals surface area contributed by atoms with E-state index in [1.165, 1.54) is 0 Å². The molecule has 0 atom stereocenters. The molecule has 0 radical (unpaired) electrons. The second-order valence-corrected chi connectivity index (χ2v) is 6.50. The van der Waals surface area contributed by atoms with Gasteiger partial charge in [0.15, 0.2) is 5.58 Å². The summed E-state index contributed by atoms with van der Waals surface area (Å²) in [6.07, 6.45) is 0.880. The summed E-state index contributed by atoms with van der Waals surface area (Å²) < 4.78 is 10.4. The van der Waals surface area contributed by atoms with Crippen molar-refractivity contribution < 1.29 is 18.8 Å². The second kappa shape index (κ2) is 8.03. The van der Waals surface area contributed by atoms with Crippen LogP contribution in [0.2, 0.25) is 0 Å². The van der Waals surface area contributed by atoms with Crippen molar-refractivity contribution in [3.63, 3.8) is 0 Å². The zero-order valence-corrected chi connectivity index (χ0v) is 15.7. The van der Waals surface area contributed by atoms with E-state index in [0.29, 0.717) is 29.1 Å². The zero-order chi connectivity index (χ0) is 19.4. The monoisotopic (exact) mass is 366 g/mol. The largest absolute Gasteiger partial charge is 0.462 e. The molecule has 0 saturated carbocycles. The molecular formula is C21H22N2O4. The molecule has 0 aliphatic carbocycles. The van der Waals surface area contributed by atoms with E-state index in [4.69, 9.17) is 9.26 Å². The lowest BCUT2D eigenvalue weighted by Gasteiger charge is -2.06. The van der Waals surface area contributed by atoms with Gasteiger partial charge in [-0.15, -0.1) is 0 Å². The number of carbonyl (C=O) groups excluding carboxylic acids is 2. The van der Waals surface area contributed by atoms with E-state index in [1.807, 2.05) is 32.9 Å². The lowest BCUT2D eigenvalue weighted by molar-refractivity contribution is -0.115. The van der Waals surface area contributed by atoms with Crippen molar-refractivity contribution in [1.82, 2.24) is 5.16 Å². The predicted octanol–water partition coefficient (Wildman–Crippen LogP) is 4.19. The number of rotatable bonds is 6. The number of esters is 1. The normalized spacial score (nSPS) is 10.8. The molecule has 0 saturated heterocycles. The summed E-state index contributed by atoms with van der Waals surface area (Å²) in [4.78, 5) is 24.1. The highest BCUT2D eigenvalue weighted by Crippen LogP contribution is 2.23. The van der Waals surface area contributed by atoms with Crippen molar-refractivity contribution in [2.24, 2.45) is 0 Å². The minimum atomic E-state index is -0.366. The fourth-order valence-corrected chi connectivity index (χ4v) is 2.70. The van der Waals surface area contributed by atoms with Gasteiger partial charge in [-0.2, -0.15) is 0 Å². The number of carbonyl (C=O) groups is 2. The van der Waals surface area contributed by atoms with Crippen molar-refractivity contribution >= 4 is 28.5 Å². The van der Waals surface area contributed by atoms with Crippen LogP contribution in [-0.4, -0.2) is 23.6 Å². The molecule has 1 aromatic heterocycles. The molecule has 2 aromatic carbocycles. The number of hydrogen-bond donors (Lipinski definition) is 1. The van der Waals surface area contributed by atoms with Gasteiger partial charge in [0, 0.05) is 11.1 Å². The first-order valence-corrected chi connectivity index (χ1v) is 8.90. The summed E-state index contributed by atoms with van der Waals surface area (Å²) >= 11 is 0. The van der Waals surface area contributed by atoms with E-state index >= 15 is 0 Å². The quantitative estimate of drug-likeness (QED) is 0.662. The molecule has 0 aliphatic heterocycles. The van der Waals surface area contributed by atoms with Gasteiger partial charge in [0.2, 0.25) is 5.91 Å². The topological polar surface area (TPSA) is 81.4 Å². The third-order valence-electron chi connectivity index (χ3n) is 4.33.